The van der Waals surface area contributed by atoms with Gasteiger partial charge in [-0.1, -0.05) is 43.2 Å². The summed E-state index contributed by atoms with van der Waals surface area (Å²) in [5.41, 5.74) is 1.58. The summed E-state index contributed by atoms with van der Waals surface area (Å²) >= 11 is 0. The van der Waals surface area contributed by atoms with Crippen molar-refractivity contribution in [3.8, 4) is 11.5 Å². The first-order valence-electron chi connectivity index (χ1n) is 11.5. The highest BCUT2D eigenvalue weighted by atomic mass is 16.3. The molecular formula is C26H29N3O3. The highest BCUT2D eigenvalue weighted by Gasteiger charge is 2.48. The van der Waals surface area contributed by atoms with Crippen LogP contribution in [0.4, 0.5) is 0 Å². The third-order valence-corrected chi connectivity index (χ3v) is 6.93. The molecule has 32 heavy (non-hydrogen) atoms. The zero-order valence-electron chi connectivity index (χ0n) is 18.4. The third-order valence-electron chi connectivity index (χ3n) is 6.93. The number of furan rings is 1. The molecule has 2 amide bonds. The second-order valence-electron chi connectivity index (χ2n) is 9.09. The number of hydrogen-bond acceptors (Lipinski definition) is 3. The van der Waals surface area contributed by atoms with Crippen LogP contribution in [0.5, 0.6) is 0 Å². The van der Waals surface area contributed by atoms with Crippen molar-refractivity contribution in [3.63, 3.8) is 0 Å². The molecule has 5 rings (SSSR count). The smallest absolute Gasteiger partial charge is 0.271 e. The third kappa shape index (κ3) is 3.64. The van der Waals surface area contributed by atoms with E-state index in [0.29, 0.717) is 31.0 Å². The van der Waals surface area contributed by atoms with E-state index in [0.717, 1.165) is 36.9 Å². The fourth-order valence-corrected chi connectivity index (χ4v) is 5.06. The molecule has 6 heteroatoms. The van der Waals surface area contributed by atoms with Gasteiger partial charge in [0.15, 0.2) is 0 Å². The van der Waals surface area contributed by atoms with Crippen molar-refractivity contribution < 1.29 is 14.0 Å². The van der Waals surface area contributed by atoms with Gasteiger partial charge in [0.25, 0.3) is 5.91 Å². The Morgan fingerprint density at radius 1 is 1.06 bits per heavy atom. The molecule has 1 aliphatic carbocycles. The second kappa shape index (κ2) is 8.34. The predicted octanol–water partition coefficient (Wildman–Crippen LogP) is 4.26. The van der Waals surface area contributed by atoms with Crippen molar-refractivity contribution in [1.82, 2.24) is 14.8 Å². The standard InChI is InChI=1S/C26H29N3O3/c1-26(25(31)27-20-10-5-6-11-20)18-28-21(23-12-7-17-32-23)13-14-22(28)24(30)29(26)16-15-19-8-3-2-4-9-19/h2-4,7-9,12-14,17,20H,5-6,10-11,15-16,18H2,1H3,(H,27,31)/t26-/m0/s1. The lowest BCUT2D eigenvalue weighted by atomic mass is 9.93. The SMILES string of the molecule is C[C@@]1(C(=O)NC2CCCC2)Cn2c(ccc2-c2ccco2)C(=O)N1CCc1ccccc1. The Kier molecular flexibility index (Phi) is 5.37. The van der Waals surface area contributed by atoms with Crippen LogP contribution in [-0.2, 0) is 17.8 Å². The van der Waals surface area contributed by atoms with Crippen LogP contribution in [0.2, 0.25) is 0 Å². The molecule has 1 aliphatic heterocycles. The molecule has 6 nitrogen and oxygen atoms in total. The van der Waals surface area contributed by atoms with E-state index in [1.807, 2.05) is 54.0 Å². The topological polar surface area (TPSA) is 67.5 Å². The molecule has 1 fully saturated rings. The highest BCUT2D eigenvalue weighted by molar-refractivity contribution is 6.00. The molecule has 1 aromatic carbocycles. The van der Waals surface area contributed by atoms with Gasteiger partial charge >= 0.3 is 0 Å². The first kappa shape index (κ1) is 20.6. The van der Waals surface area contributed by atoms with Gasteiger partial charge in [-0.15, -0.1) is 0 Å². The minimum atomic E-state index is -0.984. The zero-order valence-corrected chi connectivity index (χ0v) is 18.4. The summed E-state index contributed by atoms with van der Waals surface area (Å²) in [5, 5.41) is 3.25. The molecule has 1 saturated carbocycles. The van der Waals surface area contributed by atoms with E-state index in [1.54, 1.807) is 11.2 Å². The van der Waals surface area contributed by atoms with Gasteiger partial charge in [-0.2, -0.15) is 0 Å². The summed E-state index contributed by atoms with van der Waals surface area (Å²) in [4.78, 5) is 29.1. The van der Waals surface area contributed by atoms with E-state index < -0.39 is 5.54 Å². The van der Waals surface area contributed by atoms with Crippen LogP contribution in [0.1, 0.15) is 48.7 Å². The number of nitrogens with one attached hydrogen (secondary N) is 1. The summed E-state index contributed by atoms with van der Waals surface area (Å²) in [6.07, 6.45) is 6.62. The molecule has 2 aliphatic rings. The van der Waals surface area contributed by atoms with Gasteiger partial charge in [0.2, 0.25) is 5.91 Å². The maximum Gasteiger partial charge on any atom is 0.271 e. The monoisotopic (exact) mass is 431 g/mol. The van der Waals surface area contributed by atoms with Gasteiger partial charge in [0, 0.05) is 12.6 Å². The number of rotatable bonds is 6. The summed E-state index contributed by atoms with van der Waals surface area (Å²) in [5.74, 6) is 0.505. The molecule has 3 heterocycles. The van der Waals surface area contributed by atoms with Crippen LogP contribution in [0.3, 0.4) is 0 Å². The first-order valence-corrected chi connectivity index (χ1v) is 11.5. The van der Waals surface area contributed by atoms with Gasteiger partial charge in [-0.3, -0.25) is 9.59 Å². The Balaban J connectivity index is 1.49. The van der Waals surface area contributed by atoms with Crippen LogP contribution in [0, 0.1) is 0 Å². The Hall–Kier alpha value is -3.28. The normalized spacial score (nSPS) is 21.0. The van der Waals surface area contributed by atoms with Crippen molar-refractivity contribution in [1.29, 1.82) is 0 Å². The number of fused-ring (bicyclic) bond motifs is 1. The number of carbonyl (C=O) groups is 2. The molecule has 1 atom stereocenters. The molecule has 0 radical (unpaired) electrons. The van der Waals surface area contributed by atoms with E-state index in [4.69, 9.17) is 4.42 Å². The van der Waals surface area contributed by atoms with Gasteiger partial charge in [-0.05, 0) is 56.0 Å². The number of carbonyl (C=O) groups excluding carboxylic acids is 2. The number of aromatic nitrogens is 1. The molecular weight excluding hydrogens is 402 g/mol. The summed E-state index contributed by atoms with van der Waals surface area (Å²) in [7, 11) is 0. The average molecular weight is 432 g/mol. The molecule has 0 spiro atoms. The second-order valence-corrected chi connectivity index (χ2v) is 9.09. The lowest BCUT2D eigenvalue weighted by Crippen LogP contribution is -2.65. The number of amides is 2. The van der Waals surface area contributed by atoms with Gasteiger partial charge in [0.05, 0.1) is 18.5 Å². The summed E-state index contributed by atoms with van der Waals surface area (Å²) in [6, 6.07) is 17.7. The summed E-state index contributed by atoms with van der Waals surface area (Å²) in [6.45, 7) is 2.78. The van der Waals surface area contributed by atoms with E-state index in [-0.39, 0.29) is 17.9 Å². The number of hydrogen-bond donors (Lipinski definition) is 1. The Bertz CT molecular complexity index is 1100. The van der Waals surface area contributed by atoms with Gasteiger partial charge in [-0.25, -0.2) is 0 Å². The lowest BCUT2D eigenvalue weighted by Gasteiger charge is -2.44. The van der Waals surface area contributed by atoms with Gasteiger partial charge < -0.3 is 19.2 Å². The lowest BCUT2D eigenvalue weighted by molar-refractivity contribution is -0.133. The van der Waals surface area contributed by atoms with Crippen molar-refractivity contribution in [3.05, 3.63) is 72.1 Å². The molecule has 0 bridgehead atoms. The fraction of sp³-hybridized carbons (Fsp3) is 0.385. The largest absolute Gasteiger partial charge is 0.463 e. The Morgan fingerprint density at radius 2 is 1.81 bits per heavy atom. The summed E-state index contributed by atoms with van der Waals surface area (Å²) < 4.78 is 7.54. The van der Waals surface area contributed by atoms with E-state index in [2.05, 4.69) is 17.4 Å². The Labute approximate surface area is 188 Å². The molecule has 0 unspecified atom stereocenters. The molecule has 3 aromatic rings. The van der Waals surface area contributed by atoms with Gasteiger partial charge in [0.1, 0.15) is 17.0 Å². The van der Waals surface area contributed by atoms with E-state index >= 15 is 0 Å². The molecule has 1 N–H and O–H groups in total. The molecule has 0 saturated heterocycles. The molecule has 166 valence electrons. The van der Waals surface area contributed by atoms with Crippen LogP contribution in [-0.4, -0.2) is 39.4 Å². The number of nitrogens with zero attached hydrogens (tertiary/aromatic N) is 2. The van der Waals surface area contributed by atoms with Crippen molar-refractivity contribution in [2.24, 2.45) is 0 Å². The van der Waals surface area contributed by atoms with Crippen molar-refractivity contribution >= 4 is 11.8 Å². The first-order chi connectivity index (χ1) is 15.6. The minimum Gasteiger partial charge on any atom is -0.463 e. The van der Waals surface area contributed by atoms with Crippen LogP contribution in [0.25, 0.3) is 11.5 Å². The maximum absolute atomic E-state index is 13.7. The van der Waals surface area contributed by atoms with Crippen LogP contribution < -0.4 is 5.32 Å². The minimum absolute atomic E-state index is 0.0736. The Morgan fingerprint density at radius 3 is 2.53 bits per heavy atom. The molecule has 2 aromatic heterocycles. The quantitative estimate of drug-likeness (QED) is 0.634. The highest BCUT2D eigenvalue weighted by Crippen LogP contribution is 2.34. The van der Waals surface area contributed by atoms with Crippen molar-refractivity contribution in [2.45, 2.75) is 57.2 Å². The maximum atomic E-state index is 13.7. The predicted molar refractivity (Wildman–Crippen MR) is 122 cm³/mol. The average Bonchev–Trinajstić information content (AvgIpc) is 3.56. The van der Waals surface area contributed by atoms with E-state index in [1.165, 1.54) is 0 Å². The number of benzene rings is 1. The van der Waals surface area contributed by atoms with Crippen LogP contribution >= 0.6 is 0 Å². The fourth-order valence-electron chi connectivity index (χ4n) is 5.06. The van der Waals surface area contributed by atoms with Crippen LogP contribution in [0.15, 0.2) is 65.3 Å². The van der Waals surface area contributed by atoms with Crippen molar-refractivity contribution in [2.75, 3.05) is 6.54 Å². The zero-order chi connectivity index (χ0) is 22.1. The van der Waals surface area contributed by atoms with E-state index in [9.17, 15) is 9.59 Å².